The molecule has 0 unspecified atom stereocenters. The topological polar surface area (TPSA) is 80.8 Å². The van der Waals surface area contributed by atoms with Crippen molar-refractivity contribution in [2.45, 2.75) is 26.2 Å². The van der Waals surface area contributed by atoms with E-state index in [9.17, 15) is 12.8 Å². The number of nitrogens with zero attached hydrogens (tertiary/aromatic N) is 2. The molecule has 1 fully saturated rings. The number of sulfonamides is 1. The van der Waals surface area contributed by atoms with E-state index in [1.807, 2.05) is 37.3 Å². The van der Waals surface area contributed by atoms with Gasteiger partial charge in [-0.25, -0.2) is 12.8 Å². The number of anilines is 1. The smallest absolute Gasteiger partial charge is 0.229 e. The third-order valence-electron chi connectivity index (χ3n) is 6.38. The normalized spacial score (nSPS) is 15.3. The van der Waals surface area contributed by atoms with Gasteiger partial charge in [0.05, 0.1) is 24.6 Å². The van der Waals surface area contributed by atoms with Gasteiger partial charge >= 0.3 is 0 Å². The van der Waals surface area contributed by atoms with Crippen LogP contribution in [0.2, 0.25) is 0 Å². The number of rotatable bonds is 9. The summed E-state index contributed by atoms with van der Waals surface area (Å²) in [4.78, 5) is 6.92. The SMILES string of the molecule is COc1cc(F)c(CC2CCN(CCOc3cccc4nc(C)ccc34)CC2)cc1NS(C)(=O)=O. The van der Waals surface area contributed by atoms with Crippen LogP contribution in [0.3, 0.4) is 0 Å². The standard InChI is InChI=1S/C26H32FN3O4S/c1-18-7-8-21-23(28-18)5-4-6-25(21)34-14-13-30-11-9-19(10-12-30)15-20-16-24(29-35(3,31)32)26(33-2)17-22(20)27/h4-8,16-17,19,29H,9-15H2,1-3H3. The van der Waals surface area contributed by atoms with Gasteiger partial charge < -0.3 is 9.47 Å². The van der Waals surface area contributed by atoms with Crippen molar-refractivity contribution in [3.05, 3.63) is 59.5 Å². The summed E-state index contributed by atoms with van der Waals surface area (Å²) in [5, 5.41) is 1.02. The van der Waals surface area contributed by atoms with Gasteiger partial charge in [-0.1, -0.05) is 6.07 Å². The molecule has 0 spiro atoms. The molecule has 4 rings (SSSR count). The summed E-state index contributed by atoms with van der Waals surface area (Å²) in [6.45, 7) is 5.21. The first-order valence-corrected chi connectivity index (χ1v) is 13.7. The Bertz CT molecular complexity index is 1290. The molecule has 9 heteroatoms. The Kier molecular flexibility index (Phi) is 7.76. The van der Waals surface area contributed by atoms with Crippen molar-refractivity contribution < 1.29 is 22.3 Å². The Balaban J connectivity index is 1.30. The summed E-state index contributed by atoms with van der Waals surface area (Å²) in [5.74, 6) is 0.965. The van der Waals surface area contributed by atoms with Crippen molar-refractivity contribution in [2.24, 2.45) is 5.92 Å². The maximum absolute atomic E-state index is 14.7. The van der Waals surface area contributed by atoms with Crippen LogP contribution in [-0.2, 0) is 16.4 Å². The lowest BCUT2D eigenvalue weighted by atomic mass is 9.89. The quantitative estimate of drug-likeness (QED) is 0.468. The highest BCUT2D eigenvalue weighted by molar-refractivity contribution is 7.92. The van der Waals surface area contributed by atoms with Crippen LogP contribution in [0.1, 0.15) is 24.1 Å². The van der Waals surface area contributed by atoms with Gasteiger partial charge in [0.2, 0.25) is 10.0 Å². The molecule has 1 aliphatic heterocycles. The molecule has 3 aromatic rings. The molecule has 0 radical (unpaired) electrons. The Morgan fingerprint density at radius 3 is 2.63 bits per heavy atom. The predicted octanol–water partition coefficient (Wildman–Crippen LogP) is 4.40. The number of piperidine rings is 1. The molecule has 1 N–H and O–H groups in total. The minimum atomic E-state index is -3.50. The molecule has 1 aromatic heterocycles. The zero-order valence-electron chi connectivity index (χ0n) is 20.4. The van der Waals surface area contributed by atoms with E-state index in [0.717, 1.165) is 61.1 Å². The van der Waals surface area contributed by atoms with Crippen LogP contribution in [-0.4, -0.2) is 57.9 Å². The number of hydrogen-bond donors (Lipinski definition) is 1. The number of hydrogen-bond acceptors (Lipinski definition) is 6. The van der Waals surface area contributed by atoms with Crippen LogP contribution in [0.4, 0.5) is 10.1 Å². The highest BCUT2D eigenvalue weighted by atomic mass is 32.2. The van der Waals surface area contributed by atoms with Crippen molar-refractivity contribution in [1.82, 2.24) is 9.88 Å². The Morgan fingerprint density at radius 1 is 1.14 bits per heavy atom. The molecule has 0 aliphatic carbocycles. The number of ether oxygens (including phenoxy) is 2. The Hall–Kier alpha value is -2.91. The summed E-state index contributed by atoms with van der Waals surface area (Å²) >= 11 is 0. The molecule has 1 saturated heterocycles. The molecule has 35 heavy (non-hydrogen) atoms. The zero-order valence-corrected chi connectivity index (χ0v) is 21.2. The number of likely N-dealkylation sites (tertiary alicyclic amines) is 1. The fourth-order valence-corrected chi connectivity index (χ4v) is 5.13. The first kappa shape index (κ1) is 25.2. The van der Waals surface area contributed by atoms with Crippen LogP contribution in [0.5, 0.6) is 11.5 Å². The van der Waals surface area contributed by atoms with Gasteiger partial charge in [0, 0.05) is 23.7 Å². The molecule has 1 aliphatic rings. The number of nitrogens with one attached hydrogen (secondary N) is 1. The maximum atomic E-state index is 14.7. The number of benzene rings is 2. The van der Waals surface area contributed by atoms with E-state index in [4.69, 9.17) is 9.47 Å². The second kappa shape index (κ2) is 10.8. The lowest BCUT2D eigenvalue weighted by molar-refractivity contribution is 0.155. The second-order valence-corrected chi connectivity index (χ2v) is 10.9. The summed E-state index contributed by atoms with van der Waals surface area (Å²) < 4.78 is 51.6. The zero-order chi connectivity index (χ0) is 25.0. The monoisotopic (exact) mass is 501 g/mol. The predicted molar refractivity (Wildman–Crippen MR) is 136 cm³/mol. The fraction of sp³-hybridized carbons (Fsp3) is 0.423. The van der Waals surface area contributed by atoms with Crippen LogP contribution in [0, 0.1) is 18.7 Å². The highest BCUT2D eigenvalue weighted by Crippen LogP contribution is 2.31. The molecule has 2 aromatic carbocycles. The van der Waals surface area contributed by atoms with Gasteiger partial charge in [0.15, 0.2) is 0 Å². The molecule has 0 atom stereocenters. The number of pyridine rings is 1. The summed E-state index contributed by atoms with van der Waals surface area (Å²) in [6.07, 6.45) is 3.50. The number of fused-ring (bicyclic) bond motifs is 1. The van der Waals surface area contributed by atoms with E-state index >= 15 is 0 Å². The Labute approximate surface area is 206 Å². The van der Waals surface area contributed by atoms with Gasteiger partial charge in [-0.3, -0.25) is 14.6 Å². The highest BCUT2D eigenvalue weighted by Gasteiger charge is 2.22. The summed E-state index contributed by atoms with van der Waals surface area (Å²) in [7, 11) is -2.11. The van der Waals surface area contributed by atoms with E-state index < -0.39 is 10.0 Å². The minimum absolute atomic E-state index is 0.170. The summed E-state index contributed by atoms with van der Waals surface area (Å²) in [6, 6.07) is 12.8. The third-order valence-corrected chi connectivity index (χ3v) is 6.97. The average Bonchev–Trinajstić information content (AvgIpc) is 2.81. The average molecular weight is 502 g/mol. The number of aromatic nitrogens is 1. The molecule has 188 valence electrons. The Morgan fingerprint density at radius 2 is 1.91 bits per heavy atom. The van der Waals surface area contributed by atoms with Crippen LogP contribution in [0.25, 0.3) is 10.9 Å². The first-order chi connectivity index (χ1) is 16.7. The van der Waals surface area contributed by atoms with Crippen LogP contribution in [0.15, 0.2) is 42.5 Å². The van der Waals surface area contributed by atoms with Gasteiger partial charge in [-0.15, -0.1) is 0 Å². The van der Waals surface area contributed by atoms with Crippen molar-refractivity contribution >= 4 is 26.6 Å². The second-order valence-electron chi connectivity index (χ2n) is 9.13. The molecular formula is C26H32FN3O4S. The van der Waals surface area contributed by atoms with E-state index in [-0.39, 0.29) is 17.3 Å². The van der Waals surface area contributed by atoms with Crippen LogP contribution >= 0.6 is 0 Å². The fourth-order valence-electron chi connectivity index (χ4n) is 4.57. The van der Waals surface area contributed by atoms with Crippen molar-refractivity contribution in [3.63, 3.8) is 0 Å². The molecule has 0 amide bonds. The molecule has 7 nitrogen and oxygen atoms in total. The lowest BCUT2D eigenvalue weighted by Crippen LogP contribution is -2.37. The third kappa shape index (κ3) is 6.61. The van der Waals surface area contributed by atoms with Gasteiger partial charge in [-0.05, 0) is 81.1 Å². The van der Waals surface area contributed by atoms with Crippen molar-refractivity contribution in [3.8, 4) is 11.5 Å². The molecular weight excluding hydrogens is 469 g/mol. The van der Waals surface area contributed by atoms with Gasteiger partial charge in [0.25, 0.3) is 0 Å². The largest absolute Gasteiger partial charge is 0.494 e. The maximum Gasteiger partial charge on any atom is 0.229 e. The number of halogens is 1. The van der Waals surface area contributed by atoms with E-state index in [1.54, 1.807) is 6.07 Å². The number of methoxy groups -OCH3 is 1. The molecule has 0 bridgehead atoms. The minimum Gasteiger partial charge on any atom is -0.494 e. The molecule has 0 saturated carbocycles. The van der Waals surface area contributed by atoms with E-state index in [0.29, 0.717) is 24.5 Å². The van der Waals surface area contributed by atoms with E-state index in [1.165, 1.54) is 13.2 Å². The van der Waals surface area contributed by atoms with Crippen LogP contribution < -0.4 is 14.2 Å². The van der Waals surface area contributed by atoms with Gasteiger partial charge in [0.1, 0.15) is 23.9 Å². The van der Waals surface area contributed by atoms with E-state index in [2.05, 4.69) is 14.6 Å². The van der Waals surface area contributed by atoms with Crippen molar-refractivity contribution in [2.75, 3.05) is 44.3 Å². The molecule has 2 heterocycles. The van der Waals surface area contributed by atoms with Gasteiger partial charge in [-0.2, -0.15) is 0 Å². The lowest BCUT2D eigenvalue weighted by Gasteiger charge is -2.32. The first-order valence-electron chi connectivity index (χ1n) is 11.8. The number of aryl methyl sites for hydroxylation is 1. The van der Waals surface area contributed by atoms with Crippen molar-refractivity contribution in [1.29, 1.82) is 0 Å². The summed E-state index contributed by atoms with van der Waals surface area (Å²) in [5.41, 5.74) is 2.68.